The third kappa shape index (κ3) is 4.28. The van der Waals surface area contributed by atoms with Crippen LogP contribution in [-0.4, -0.2) is 17.4 Å². The topological polar surface area (TPSA) is 98.3 Å². The number of halogens is 1. The molecule has 0 aliphatic heterocycles. The zero-order chi connectivity index (χ0) is 12.8. The lowest BCUT2D eigenvalue weighted by Crippen LogP contribution is -2.12. The predicted molar refractivity (Wildman–Crippen MR) is 65.0 cm³/mol. The number of nitrogens with zero attached hydrogens (tertiary/aromatic N) is 1. The van der Waals surface area contributed by atoms with E-state index in [0.29, 0.717) is 18.7 Å². The highest BCUT2D eigenvalue weighted by Crippen LogP contribution is 2.26. The summed E-state index contributed by atoms with van der Waals surface area (Å²) in [6.45, 7) is 0.528. The summed E-state index contributed by atoms with van der Waals surface area (Å²) in [5.74, 6) is -0.360. The molecule has 1 amide bonds. The number of carbonyl (C=O) groups excluding carboxylic acids is 1. The zero-order valence-electron chi connectivity index (χ0n) is 8.98. The molecule has 0 atom stereocenters. The van der Waals surface area contributed by atoms with Gasteiger partial charge in [-0.1, -0.05) is 11.6 Å². The maximum atomic E-state index is 10.5. The van der Waals surface area contributed by atoms with Crippen molar-refractivity contribution in [3.05, 3.63) is 33.3 Å². The second-order valence-electron chi connectivity index (χ2n) is 3.42. The Kier molecular flexibility index (Phi) is 4.71. The van der Waals surface area contributed by atoms with Crippen LogP contribution in [0, 0.1) is 10.1 Å². The van der Waals surface area contributed by atoms with Crippen molar-refractivity contribution in [3.8, 4) is 0 Å². The molecule has 92 valence electrons. The summed E-state index contributed by atoms with van der Waals surface area (Å²) in [7, 11) is 0. The lowest BCUT2D eigenvalue weighted by molar-refractivity contribution is -0.384. The molecule has 6 nitrogen and oxygen atoms in total. The first kappa shape index (κ1) is 13.2. The molecule has 1 rings (SSSR count). The molecule has 0 heterocycles. The second-order valence-corrected chi connectivity index (χ2v) is 3.83. The SMILES string of the molecule is NC(=O)CCCNc1ccc([N+](=O)[O-])cc1Cl. The van der Waals surface area contributed by atoms with Crippen LogP contribution in [0.1, 0.15) is 12.8 Å². The largest absolute Gasteiger partial charge is 0.384 e. The predicted octanol–water partition coefficient (Wildman–Crippen LogP) is 1.93. The van der Waals surface area contributed by atoms with Gasteiger partial charge in [0, 0.05) is 25.1 Å². The maximum Gasteiger partial charge on any atom is 0.271 e. The Morgan fingerprint density at radius 3 is 2.76 bits per heavy atom. The van der Waals surface area contributed by atoms with Crippen molar-refractivity contribution in [1.29, 1.82) is 0 Å². The van der Waals surface area contributed by atoms with Crippen molar-refractivity contribution < 1.29 is 9.72 Å². The van der Waals surface area contributed by atoms with E-state index in [1.165, 1.54) is 18.2 Å². The fourth-order valence-electron chi connectivity index (χ4n) is 1.25. The van der Waals surface area contributed by atoms with E-state index in [9.17, 15) is 14.9 Å². The molecule has 0 fully saturated rings. The lowest BCUT2D eigenvalue weighted by atomic mass is 10.2. The van der Waals surface area contributed by atoms with Crippen LogP contribution in [0.3, 0.4) is 0 Å². The minimum absolute atomic E-state index is 0.0577. The van der Waals surface area contributed by atoms with Crippen molar-refractivity contribution in [3.63, 3.8) is 0 Å². The van der Waals surface area contributed by atoms with Gasteiger partial charge in [0.15, 0.2) is 0 Å². The van der Waals surface area contributed by atoms with E-state index >= 15 is 0 Å². The number of anilines is 1. The Morgan fingerprint density at radius 1 is 1.53 bits per heavy atom. The molecule has 3 N–H and O–H groups in total. The Morgan fingerprint density at radius 2 is 2.24 bits per heavy atom. The third-order valence-corrected chi connectivity index (χ3v) is 2.39. The number of primary amides is 1. The second kappa shape index (κ2) is 6.05. The molecule has 0 unspecified atom stereocenters. The van der Waals surface area contributed by atoms with Gasteiger partial charge in [-0.05, 0) is 12.5 Å². The molecular weight excluding hydrogens is 246 g/mol. The number of nitro groups is 1. The van der Waals surface area contributed by atoms with Crippen LogP contribution in [0.15, 0.2) is 18.2 Å². The summed E-state index contributed by atoms with van der Waals surface area (Å²) in [6, 6.07) is 4.17. The van der Waals surface area contributed by atoms with Crippen LogP contribution in [0.25, 0.3) is 0 Å². The van der Waals surface area contributed by atoms with Gasteiger partial charge in [0.1, 0.15) is 0 Å². The van der Waals surface area contributed by atoms with Gasteiger partial charge in [0.2, 0.25) is 5.91 Å². The monoisotopic (exact) mass is 257 g/mol. The van der Waals surface area contributed by atoms with E-state index < -0.39 is 4.92 Å². The van der Waals surface area contributed by atoms with E-state index in [4.69, 9.17) is 17.3 Å². The van der Waals surface area contributed by atoms with Gasteiger partial charge in [0.25, 0.3) is 5.69 Å². The standard InChI is InChI=1S/C10H12ClN3O3/c11-8-6-7(14(16)17)3-4-9(8)13-5-1-2-10(12)15/h3-4,6,13H,1-2,5H2,(H2,12,15). The van der Waals surface area contributed by atoms with E-state index in [0.717, 1.165) is 0 Å². The molecule has 1 aromatic carbocycles. The fraction of sp³-hybridized carbons (Fsp3) is 0.300. The number of hydrogen-bond donors (Lipinski definition) is 2. The van der Waals surface area contributed by atoms with Gasteiger partial charge in [-0.25, -0.2) is 0 Å². The Bertz CT molecular complexity index is 437. The highest BCUT2D eigenvalue weighted by Gasteiger charge is 2.08. The molecule has 0 aliphatic carbocycles. The molecule has 7 heteroatoms. The maximum absolute atomic E-state index is 10.5. The summed E-state index contributed by atoms with van der Waals surface area (Å²) in [4.78, 5) is 20.5. The molecule has 0 radical (unpaired) electrons. The first-order chi connectivity index (χ1) is 8.00. The molecule has 1 aromatic rings. The van der Waals surface area contributed by atoms with Gasteiger partial charge in [-0.15, -0.1) is 0 Å². The van der Waals surface area contributed by atoms with Crippen LogP contribution >= 0.6 is 11.6 Å². The lowest BCUT2D eigenvalue weighted by Gasteiger charge is -2.07. The van der Waals surface area contributed by atoms with Gasteiger partial charge in [-0.2, -0.15) is 0 Å². The number of hydrogen-bond acceptors (Lipinski definition) is 4. The first-order valence-corrected chi connectivity index (χ1v) is 5.34. The zero-order valence-corrected chi connectivity index (χ0v) is 9.74. The molecule has 0 aliphatic rings. The number of nitrogens with two attached hydrogens (primary N) is 1. The van der Waals surface area contributed by atoms with Crippen LogP contribution < -0.4 is 11.1 Å². The number of carbonyl (C=O) groups is 1. The van der Waals surface area contributed by atoms with Crippen molar-refractivity contribution in [2.75, 3.05) is 11.9 Å². The molecule has 0 saturated heterocycles. The normalized spacial score (nSPS) is 9.94. The van der Waals surface area contributed by atoms with Gasteiger partial charge < -0.3 is 11.1 Å². The van der Waals surface area contributed by atoms with Gasteiger partial charge >= 0.3 is 0 Å². The highest BCUT2D eigenvalue weighted by atomic mass is 35.5. The number of amides is 1. The van der Waals surface area contributed by atoms with Crippen molar-refractivity contribution in [2.24, 2.45) is 5.73 Å². The van der Waals surface area contributed by atoms with E-state index in [1.54, 1.807) is 0 Å². The molecule has 17 heavy (non-hydrogen) atoms. The number of nitrogens with one attached hydrogen (secondary N) is 1. The number of rotatable bonds is 6. The average Bonchev–Trinajstić information content (AvgIpc) is 2.25. The van der Waals surface area contributed by atoms with Crippen LogP contribution in [0.4, 0.5) is 11.4 Å². The Labute approximate surface area is 103 Å². The van der Waals surface area contributed by atoms with Crippen LogP contribution in [0.2, 0.25) is 5.02 Å². The van der Waals surface area contributed by atoms with E-state index in [-0.39, 0.29) is 23.0 Å². The van der Waals surface area contributed by atoms with Crippen molar-refractivity contribution in [1.82, 2.24) is 0 Å². The number of nitro benzene ring substituents is 1. The molecule has 0 saturated carbocycles. The Hall–Kier alpha value is -1.82. The summed E-state index contributed by atoms with van der Waals surface area (Å²) in [5, 5.41) is 13.7. The molecule has 0 aromatic heterocycles. The van der Waals surface area contributed by atoms with Crippen LogP contribution in [-0.2, 0) is 4.79 Å². The summed E-state index contributed by atoms with van der Waals surface area (Å²) in [5.41, 5.74) is 5.53. The number of non-ortho nitro benzene ring substituents is 1. The summed E-state index contributed by atoms with van der Waals surface area (Å²) < 4.78 is 0. The minimum atomic E-state index is -0.511. The van der Waals surface area contributed by atoms with E-state index in [1.807, 2.05) is 0 Å². The minimum Gasteiger partial charge on any atom is -0.384 e. The van der Waals surface area contributed by atoms with Crippen molar-refractivity contribution >= 4 is 28.9 Å². The van der Waals surface area contributed by atoms with Gasteiger partial charge in [-0.3, -0.25) is 14.9 Å². The smallest absolute Gasteiger partial charge is 0.271 e. The third-order valence-electron chi connectivity index (χ3n) is 2.08. The van der Waals surface area contributed by atoms with Gasteiger partial charge in [0.05, 0.1) is 15.6 Å². The molecular formula is C10H12ClN3O3. The highest BCUT2D eigenvalue weighted by molar-refractivity contribution is 6.33. The summed E-state index contributed by atoms with van der Waals surface area (Å²) in [6.07, 6.45) is 0.875. The molecule has 0 bridgehead atoms. The van der Waals surface area contributed by atoms with Crippen molar-refractivity contribution in [2.45, 2.75) is 12.8 Å². The number of benzene rings is 1. The quantitative estimate of drug-likeness (QED) is 0.462. The average molecular weight is 258 g/mol. The first-order valence-electron chi connectivity index (χ1n) is 4.97. The van der Waals surface area contributed by atoms with E-state index in [2.05, 4.69) is 5.32 Å². The summed E-state index contributed by atoms with van der Waals surface area (Å²) >= 11 is 5.86. The molecule has 0 spiro atoms. The fourth-order valence-corrected chi connectivity index (χ4v) is 1.49. The Balaban J connectivity index is 2.54. The van der Waals surface area contributed by atoms with Crippen LogP contribution in [0.5, 0.6) is 0 Å².